The van der Waals surface area contributed by atoms with Crippen LogP contribution in [0.15, 0.2) is 18.6 Å². The van der Waals surface area contributed by atoms with Crippen LogP contribution in [-0.2, 0) is 144 Å². The maximum atomic E-state index is 14.1. The number of aliphatic hydroxyl groups is 21. The fraction of sp³-hybridized carbons (Fsp3) is 0.805. The molecule has 0 aromatic carbocycles. The largest absolute Gasteiger partial charge is 0.394 e. The van der Waals surface area contributed by atoms with E-state index in [1.165, 1.54) is 32.6 Å². The number of amides is 10. The molecule has 0 saturated carbocycles. The first kappa shape index (κ1) is 119. The first-order chi connectivity index (χ1) is 69.2. The summed E-state index contributed by atoms with van der Waals surface area (Å²) in [6.45, 7) is -4.68. The lowest BCUT2D eigenvalue weighted by molar-refractivity contribution is -0.331. The monoisotopic (exact) mass is 2090 g/mol. The van der Waals surface area contributed by atoms with E-state index in [0.29, 0.717) is 19.3 Å². The number of hydrazine groups is 1. The highest BCUT2D eigenvalue weighted by molar-refractivity contribution is 5.90. The SMILES string of the molecule is CC(=O)NC(CCC(=O)NCc1cn(CCO[C@H]2O[C@H](CO[C@H]3O[C@H](CO)[C@@H](O)[C@H](O)[C@@H]3O)[C@@H](O)[C@H](O)[C@@H]2O)nn1)C(=O)NCCCC(=O)NC(CCC(=O)NCc1cn(CCO[C@H]2O[C@H](CO[C@H]3O[C@H](CO)[C@@H](O)[C@H](O)[C@@H]3O)[C@@H](O)[C@H](O)[C@@H]2O)nn1)C(=O)NCCCC(=O)NC(CCC(=O)NCc1cn(CCO[C@H]2O[C@H](CO[C@H]3O[C@H](CO)[C@@H](O)[C@H](O)[C@@H]3O)[C@@H](O)[C@H](O)[C@@H]2O)nn1)C(=O)NCCCCCC(=O)NN. The van der Waals surface area contributed by atoms with Crippen molar-refractivity contribution in [2.75, 3.05) is 79.1 Å². The minimum absolute atomic E-state index is 0.0318. The van der Waals surface area contributed by atoms with Crippen LogP contribution < -0.4 is 59.1 Å². The molecule has 3 aromatic heterocycles. The molecule has 6 aliphatic rings. The number of aliphatic hydroxyl groups excluding tert-OH is 21. The molecule has 6 saturated heterocycles. The summed E-state index contributed by atoms with van der Waals surface area (Å²) in [6, 6.07) is -3.99. The van der Waals surface area contributed by atoms with Gasteiger partial charge in [0.25, 0.3) is 0 Å². The first-order valence-electron chi connectivity index (χ1n) is 47.1. The van der Waals surface area contributed by atoms with Crippen LogP contribution in [-0.4, -0.2) is 493 Å². The van der Waals surface area contributed by atoms with Gasteiger partial charge in [-0.05, 0) is 44.9 Å². The number of hydrogen-bond donors (Lipinski definition) is 32. The summed E-state index contributed by atoms with van der Waals surface area (Å²) in [5, 5.41) is 264. The van der Waals surface area contributed by atoms with E-state index in [0.717, 1.165) is 6.92 Å². The Bertz CT molecular complexity index is 4480. The molecule has 822 valence electrons. The predicted octanol–water partition coefficient (Wildman–Crippen LogP) is -19.1. The molecule has 63 nitrogen and oxygen atoms in total. The molecule has 33 atom stereocenters. The minimum Gasteiger partial charge on any atom is -0.394 e. The van der Waals surface area contributed by atoms with Crippen molar-refractivity contribution >= 4 is 59.1 Å². The second-order valence-corrected chi connectivity index (χ2v) is 35.1. The molecule has 6 aliphatic heterocycles. The van der Waals surface area contributed by atoms with Gasteiger partial charge in [-0.1, -0.05) is 22.1 Å². The van der Waals surface area contributed by atoms with E-state index in [1.807, 2.05) is 5.43 Å². The fourth-order valence-electron chi connectivity index (χ4n) is 15.5. The third-order valence-corrected chi connectivity index (χ3v) is 24.1. The molecule has 145 heavy (non-hydrogen) atoms. The summed E-state index contributed by atoms with van der Waals surface area (Å²) in [5.41, 5.74) is 2.72. The van der Waals surface area contributed by atoms with Crippen molar-refractivity contribution in [3.63, 3.8) is 0 Å². The molecule has 33 N–H and O–H groups in total. The average molecular weight is 2090 g/mol. The molecular formula is C82H136N20O43. The van der Waals surface area contributed by atoms with E-state index < -0.39 is 307 Å². The highest BCUT2D eigenvalue weighted by Gasteiger charge is 2.52. The van der Waals surface area contributed by atoms with Crippen molar-refractivity contribution in [1.82, 2.24) is 98.3 Å². The van der Waals surface area contributed by atoms with Crippen molar-refractivity contribution in [2.24, 2.45) is 5.84 Å². The maximum absolute atomic E-state index is 14.1. The zero-order valence-electron chi connectivity index (χ0n) is 78.9. The van der Waals surface area contributed by atoms with Gasteiger partial charge >= 0.3 is 0 Å². The summed E-state index contributed by atoms with van der Waals surface area (Å²) >= 11 is 0. The van der Waals surface area contributed by atoms with Gasteiger partial charge in [-0.25, -0.2) is 19.9 Å². The Morgan fingerprint density at radius 2 is 0.579 bits per heavy atom. The molecular weight excluding hydrogens is 1950 g/mol. The number of carbonyl (C=O) groups excluding carboxylic acids is 10. The smallest absolute Gasteiger partial charge is 0.242 e. The van der Waals surface area contributed by atoms with Gasteiger partial charge in [0.15, 0.2) is 37.7 Å². The standard InChI is InChI=1S/C82H136N20O43/c1-37(106)90-41(10-13-50(107)87-25-38-28-100(97-94-38)19-22-134-77-68(125)65(122)59(116)47(143-77)34-137-80-71(128)62(119)56(113)44(31-103)140-80)74(131)85-17-5-8-54(111)92-43(12-15-52(109)89-27-40-30-102(99-96-40)21-24-136-79-70(127)67(124)61(118)49(145-79)36-139-82-73(130)64(121)58(115)46(33-105)142-82)76(133)86-18-6-9-53(110)91-42(75(132)84-16-4-2-3-7-55(112)93-83)11-14-51(108)88-26-39-29-101(98-95-39)20-23-135-78-69(126)66(123)60(117)48(144-78)35-138-81-72(129)63(120)57(114)45(32-104)141-81/h28-30,41-49,56-73,77-82,103-105,113-130H,2-27,31-36,83H2,1H3,(H,84,132)(H,85,131)(H,86,133)(H,87,107)(H,88,108)(H,89,109)(H,90,106)(H,91,110)(H,92,111)(H,93,112)/t41?,42?,43?,44-,45-,46-,47-,48-,49-,56-,57-,58-,59-,60-,61-,62+,63+,64+,65+,66+,67+,68+,69+,70+,71+,72+,73+,77+,78+,79+,80+,81+,82+/m1/s1. The second kappa shape index (κ2) is 59.8. The van der Waals surface area contributed by atoms with Crippen LogP contribution in [0.5, 0.6) is 0 Å². The van der Waals surface area contributed by atoms with E-state index in [9.17, 15) is 155 Å². The number of nitrogens with one attached hydrogen (secondary N) is 10. The first-order valence-corrected chi connectivity index (χ1v) is 47.1. The van der Waals surface area contributed by atoms with Crippen LogP contribution in [0.25, 0.3) is 0 Å². The molecule has 0 aliphatic carbocycles. The zero-order chi connectivity index (χ0) is 106. The Balaban J connectivity index is 0.739. The molecule has 0 bridgehead atoms. The third kappa shape index (κ3) is 36.3. The number of hydrogen-bond acceptors (Lipinski definition) is 50. The highest BCUT2D eigenvalue weighted by Crippen LogP contribution is 2.31. The van der Waals surface area contributed by atoms with E-state index in [4.69, 9.17) is 62.7 Å². The fourth-order valence-corrected chi connectivity index (χ4v) is 15.5. The normalized spacial score (nSPS) is 31.2. The second-order valence-electron chi connectivity index (χ2n) is 35.1. The van der Waals surface area contributed by atoms with Crippen LogP contribution >= 0.6 is 0 Å². The molecule has 9 rings (SSSR count). The number of rotatable bonds is 59. The topological polar surface area (TPSA) is 945 Å². The van der Waals surface area contributed by atoms with Crippen LogP contribution in [0.1, 0.15) is 114 Å². The number of nitrogens with two attached hydrogens (primary N) is 1. The lowest BCUT2D eigenvalue weighted by Gasteiger charge is -2.42. The van der Waals surface area contributed by atoms with Crippen molar-refractivity contribution in [1.29, 1.82) is 0 Å². The Morgan fingerprint density at radius 3 is 0.862 bits per heavy atom. The molecule has 63 heteroatoms. The van der Waals surface area contributed by atoms with E-state index in [2.05, 4.69) is 78.8 Å². The van der Waals surface area contributed by atoms with Gasteiger partial charge in [0.2, 0.25) is 59.1 Å². The minimum atomic E-state index is -1.84. The summed E-state index contributed by atoms with van der Waals surface area (Å²) in [5.74, 6) is -1.35. The van der Waals surface area contributed by atoms with Crippen molar-refractivity contribution in [3.8, 4) is 0 Å². The molecule has 3 unspecified atom stereocenters. The van der Waals surface area contributed by atoms with Crippen LogP contribution in [0.4, 0.5) is 0 Å². The van der Waals surface area contributed by atoms with Crippen molar-refractivity contribution in [2.45, 2.75) is 338 Å². The van der Waals surface area contributed by atoms with Crippen molar-refractivity contribution in [3.05, 3.63) is 35.7 Å². The van der Waals surface area contributed by atoms with Gasteiger partial charge in [0.1, 0.15) is 182 Å². The van der Waals surface area contributed by atoms with Gasteiger partial charge < -0.3 is 212 Å². The predicted molar refractivity (Wildman–Crippen MR) is 470 cm³/mol. The van der Waals surface area contributed by atoms with Crippen LogP contribution in [0, 0.1) is 0 Å². The number of unbranched alkanes of at least 4 members (excludes halogenated alkanes) is 2. The summed E-state index contributed by atoms with van der Waals surface area (Å²) in [6.07, 6.45) is -46.4. The summed E-state index contributed by atoms with van der Waals surface area (Å²) in [4.78, 5) is 133. The lowest BCUT2D eigenvalue weighted by Crippen LogP contribution is -2.61. The van der Waals surface area contributed by atoms with Gasteiger partial charge in [-0.2, -0.15) is 0 Å². The van der Waals surface area contributed by atoms with Crippen LogP contribution in [0.3, 0.4) is 0 Å². The Kier molecular flexibility index (Phi) is 49.2. The zero-order valence-corrected chi connectivity index (χ0v) is 78.9. The van der Waals surface area contributed by atoms with E-state index in [-0.39, 0.29) is 160 Å². The quantitative estimate of drug-likeness (QED) is 0.0108. The Morgan fingerprint density at radius 1 is 0.317 bits per heavy atom. The number of nitrogens with zero attached hydrogens (tertiary/aromatic N) is 9. The van der Waals surface area contributed by atoms with Gasteiger partial charge in [0.05, 0.1) is 117 Å². The lowest BCUT2D eigenvalue weighted by atomic mass is 9.98. The van der Waals surface area contributed by atoms with Crippen LogP contribution in [0.2, 0.25) is 0 Å². The summed E-state index contributed by atoms with van der Waals surface area (Å²) in [7, 11) is 0. The highest BCUT2D eigenvalue weighted by atomic mass is 16.8. The van der Waals surface area contributed by atoms with Gasteiger partial charge in [-0.3, -0.25) is 53.4 Å². The van der Waals surface area contributed by atoms with Crippen molar-refractivity contribution < 1.29 is 212 Å². The molecule has 6 fully saturated rings. The molecule has 10 amide bonds. The molecule has 0 radical (unpaired) electrons. The van der Waals surface area contributed by atoms with E-state index >= 15 is 0 Å². The Hall–Kier alpha value is -9.24. The van der Waals surface area contributed by atoms with Gasteiger partial charge in [-0.15, -0.1) is 15.3 Å². The number of carbonyl (C=O) groups is 10. The average Bonchev–Trinajstić information content (AvgIpc) is 1.67. The Labute approximate surface area is 825 Å². The number of aromatic nitrogens is 9. The van der Waals surface area contributed by atoms with Gasteiger partial charge in [0, 0.05) is 65.1 Å². The molecule has 9 heterocycles. The summed E-state index contributed by atoms with van der Waals surface area (Å²) < 4.78 is 70.0. The number of ether oxygens (including phenoxy) is 12. The maximum Gasteiger partial charge on any atom is 0.242 e. The molecule has 3 aromatic rings. The molecule has 0 spiro atoms. The third-order valence-electron chi connectivity index (χ3n) is 24.1. The van der Waals surface area contributed by atoms with E-state index in [1.54, 1.807) is 0 Å².